The molecule has 0 aliphatic heterocycles. The van der Waals surface area contributed by atoms with Crippen LogP contribution in [0.5, 0.6) is 11.5 Å². The van der Waals surface area contributed by atoms with Crippen LogP contribution in [-0.2, 0) is 0 Å². The van der Waals surface area contributed by atoms with Crippen molar-refractivity contribution in [2.45, 2.75) is 13.3 Å². The fourth-order valence-corrected chi connectivity index (χ4v) is 3.63. The zero-order valence-corrected chi connectivity index (χ0v) is 19.9. The number of halogens is 4. The normalized spacial score (nSPS) is 10.7. The van der Waals surface area contributed by atoms with Gasteiger partial charge in [-0.25, -0.2) is 13.6 Å². The fourth-order valence-electron chi connectivity index (χ4n) is 3.63. The van der Waals surface area contributed by atoms with Gasteiger partial charge in [0.2, 0.25) is 11.6 Å². The van der Waals surface area contributed by atoms with E-state index >= 15 is 0 Å². The van der Waals surface area contributed by atoms with Gasteiger partial charge in [-0.15, -0.1) is 6.58 Å². The molecule has 0 heterocycles. The van der Waals surface area contributed by atoms with Crippen molar-refractivity contribution in [3.8, 4) is 33.8 Å². The first-order chi connectivity index (χ1) is 17.8. The van der Waals surface area contributed by atoms with Crippen molar-refractivity contribution in [1.29, 1.82) is 0 Å². The second-order valence-electron chi connectivity index (χ2n) is 8.24. The van der Waals surface area contributed by atoms with E-state index in [0.29, 0.717) is 17.5 Å². The molecule has 0 radical (unpaired) electrons. The Bertz CT molecular complexity index is 1450. The lowest BCUT2D eigenvalue weighted by Crippen LogP contribution is -2.10. The van der Waals surface area contributed by atoms with Crippen LogP contribution in [0.1, 0.15) is 22.3 Å². The van der Waals surface area contributed by atoms with Crippen LogP contribution in [0, 0.1) is 30.2 Å². The molecule has 4 aromatic carbocycles. The van der Waals surface area contributed by atoms with E-state index in [1.54, 1.807) is 18.2 Å². The number of carbonyl (C=O) groups excluding carboxylic acids is 1. The average molecular weight is 506 g/mol. The Morgan fingerprint density at radius 1 is 0.730 bits per heavy atom. The molecule has 0 aliphatic carbocycles. The summed E-state index contributed by atoms with van der Waals surface area (Å²) in [5.74, 6) is -6.54. The maximum absolute atomic E-state index is 14.9. The molecule has 3 nitrogen and oxygen atoms in total. The summed E-state index contributed by atoms with van der Waals surface area (Å²) >= 11 is 0. The van der Waals surface area contributed by atoms with E-state index in [-0.39, 0.29) is 29.0 Å². The van der Waals surface area contributed by atoms with E-state index < -0.39 is 35.0 Å². The van der Waals surface area contributed by atoms with Gasteiger partial charge in [0, 0.05) is 11.1 Å². The summed E-state index contributed by atoms with van der Waals surface area (Å²) in [6, 6.07) is 17.7. The van der Waals surface area contributed by atoms with E-state index in [4.69, 9.17) is 9.47 Å². The standard InChI is InChI=1S/C30H22F4O3/c1-3-4-17-36-24-15-16-25(29(34)28(24)33)37-30(35)21-11-9-20(10-12-21)23-14-13-22(26(31)27(23)32)19-7-5-18(2)6-8-19/h3,5-16H,1,4,17H2,2H3. The van der Waals surface area contributed by atoms with Gasteiger partial charge in [0.25, 0.3) is 0 Å². The van der Waals surface area contributed by atoms with Crippen LogP contribution in [-0.4, -0.2) is 12.6 Å². The van der Waals surface area contributed by atoms with Crippen LogP contribution in [0.15, 0.2) is 85.5 Å². The number of benzene rings is 4. The third-order valence-electron chi connectivity index (χ3n) is 5.67. The van der Waals surface area contributed by atoms with Crippen LogP contribution in [0.4, 0.5) is 17.6 Å². The van der Waals surface area contributed by atoms with Gasteiger partial charge in [-0.3, -0.25) is 0 Å². The second-order valence-corrected chi connectivity index (χ2v) is 8.24. The van der Waals surface area contributed by atoms with E-state index in [0.717, 1.165) is 17.7 Å². The fraction of sp³-hybridized carbons (Fsp3) is 0.100. The molecule has 0 spiro atoms. The Morgan fingerprint density at radius 3 is 1.81 bits per heavy atom. The SMILES string of the molecule is C=CCCOc1ccc(OC(=O)c2ccc(-c3ccc(-c4ccc(C)cc4)c(F)c3F)cc2)c(F)c1F. The van der Waals surface area contributed by atoms with Crippen molar-refractivity contribution in [3.05, 3.63) is 120 Å². The topological polar surface area (TPSA) is 35.5 Å². The van der Waals surface area contributed by atoms with Crippen molar-refractivity contribution in [2.24, 2.45) is 0 Å². The van der Waals surface area contributed by atoms with Crippen molar-refractivity contribution in [1.82, 2.24) is 0 Å². The molecule has 4 rings (SSSR count). The molecule has 0 saturated heterocycles. The lowest BCUT2D eigenvalue weighted by Gasteiger charge is -2.11. The summed E-state index contributed by atoms with van der Waals surface area (Å²) < 4.78 is 68.5. The molecule has 7 heteroatoms. The monoisotopic (exact) mass is 506 g/mol. The first-order valence-corrected chi connectivity index (χ1v) is 11.4. The van der Waals surface area contributed by atoms with Crippen LogP contribution >= 0.6 is 0 Å². The number of hydrogen-bond acceptors (Lipinski definition) is 3. The minimum Gasteiger partial charge on any atom is -0.490 e. The largest absolute Gasteiger partial charge is 0.490 e. The lowest BCUT2D eigenvalue weighted by molar-refractivity contribution is 0.0726. The molecule has 0 fully saturated rings. The minimum atomic E-state index is -1.37. The lowest BCUT2D eigenvalue weighted by atomic mass is 9.98. The molecule has 0 aromatic heterocycles. The molecule has 188 valence electrons. The third-order valence-corrected chi connectivity index (χ3v) is 5.67. The Kier molecular flexibility index (Phi) is 7.72. The molecular formula is C30H22F4O3. The minimum absolute atomic E-state index is 0.00650. The maximum atomic E-state index is 14.9. The Labute approximate surface area is 211 Å². The maximum Gasteiger partial charge on any atom is 0.343 e. The zero-order chi connectivity index (χ0) is 26.5. The third kappa shape index (κ3) is 5.56. The number of carbonyl (C=O) groups is 1. The van der Waals surface area contributed by atoms with Gasteiger partial charge in [0.1, 0.15) is 0 Å². The predicted octanol–water partition coefficient (Wildman–Crippen LogP) is 8.06. The first kappa shape index (κ1) is 25.7. The Balaban J connectivity index is 1.51. The summed E-state index contributed by atoms with van der Waals surface area (Å²) in [6.07, 6.45) is 2.02. The Hall–Kier alpha value is -4.39. The highest BCUT2D eigenvalue weighted by Gasteiger charge is 2.20. The van der Waals surface area contributed by atoms with Crippen molar-refractivity contribution < 1.29 is 31.8 Å². The molecule has 0 unspecified atom stereocenters. The number of rotatable bonds is 8. The van der Waals surface area contributed by atoms with E-state index in [9.17, 15) is 22.4 Å². The van der Waals surface area contributed by atoms with Crippen LogP contribution in [0.3, 0.4) is 0 Å². The number of aryl methyl sites for hydroxylation is 1. The van der Waals surface area contributed by atoms with E-state index in [1.165, 1.54) is 36.4 Å². The molecular weight excluding hydrogens is 484 g/mol. The van der Waals surface area contributed by atoms with Crippen LogP contribution in [0.2, 0.25) is 0 Å². The smallest absolute Gasteiger partial charge is 0.343 e. The molecule has 0 aliphatic rings. The van der Waals surface area contributed by atoms with Gasteiger partial charge in [-0.05, 0) is 48.7 Å². The Morgan fingerprint density at radius 2 is 1.24 bits per heavy atom. The van der Waals surface area contributed by atoms with Gasteiger partial charge in [0.05, 0.1) is 12.2 Å². The molecule has 4 aromatic rings. The van der Waals surface area contributed by atoms with Crippen LogP contribution in [0.25, 0.3) is 22.3 Å². The number of esters is 1. The molecule has 0 bridgehead atoms. The highest BCUT2D eigenvalue weighted by Crippen LogP contribution is 2.32. The molecule has 0 saturated carbocycles. The second kappa shape index (κ2) is 11.1. The zero-order valence-electron chi connectivity index (χ0n) is 19.9. The number of ether oxygens (including phenoxy) is 2. The van der Waals surface area contributed by atoms with Gasteiger partial charge in [-0.1, -0.05) is 60.2 Å². The molecule has 0 N–H and O–H groups in total. The van der Waals surface area contributed by atoms with Crippen molar-refractivity contribution in [2.75, 3.05) is 6.61 Å². The summed E-state index contributed by atoms with van der Waals surface area (Å²) in [4.78, 5) is 12.5. The highest BCUT2D eigenvalue weighted by atomic mass is 19.2. The quantitative estimate of drug-likeness (QED) is 0.0797. The molecule has 0 amide bonds. The van der Waals surface area contributed by atoms with Crippen LogP contribution < -0.4 is 9.47 Å². The van der Waals surface area contributed by atoms with Gasteiger partial charge < -0.3 is 9.47 Å². The highest BCUT2D eigenvalue weighted by molar-refractivity contribution is 5.91. The number of hydrogen-bond donors (Lipinski definition) is 0. The van der Waals surface area contributed by atoms with E-state index in [1.807, 2.05) is 19.1 Å². The van der Waals surface area contributed by atoms with Crippen molar-refractivity contribution in [3.63, 3.8) is 0 Å². The first-order valence-electron chi connectivity index (χ1n) is 11.4. The summed E-state index contributed by atoms with van der Waals surface area (Å²) in [5, 5.41) is 0. The average Bonchev–Trinajstić information content (AvgIpc) is 2.90. The molecule has 37 heavy (non-hydrogen) atoms. The summed E-state index contributed by atoms with van der Waals surface area (Å²) in [6.45, 7) is 5.53. The predicted molar refractivity (Wildman–Crippen MR) is 134 cm³/mol. The van der Waals surface area contributed by atoms with Gasteiger partial charge in [0.15, 0.2) is 23.1 Å². The summed E-state index contributed by atoms with van der Waals surface area (Å²) in [7, 11) is 0. The van der Waals surface area contributed by atoms with E-state index in [2.05, 4.69) is 6.58 Å². The van der Waals surface area contributed by atoms with Gasteiger partial charge >= 0.3 is 5.97 Å². The van der Waals surface area contributed by atoms with Crippen molar-refractivity contribution >= 4 is 5.97 Å². The summed E-state index contributed by atoms with van der Waals surface area (Å²) in [5.41, 5.74) is 2.01. The molecule has 0 atom stereocenters. The van der Waals surface area contributed by atoms with Gasteiger partial charge in [-0.2, -0.15) is 8.78 Å².